The second kappa shape index (κ2) is 20.7. The van der Waals surface area contributed by atoms with Gasteiger partial charge in [0.05, 0.1) is 38.6 Å². The summed E-state index contributed by atoms with van der Waals surface area (Å²) in [6, 6.07) is 0. The number of nitrogens with zero attached hydrogens (tertiary/aromatic N) is 5. The molecule has 34 heavy (non-hydrogen) atoms. The van der Waals surface area contributed by atoms with Crippen molar-refractivity contribution in [1.29, 1.82) is 0 Å². The molecule has 0 aromatic carbocycles. The summed E-state index contributed by atoms with van der Waals surface area (Å²) in [5.74, 6) is -0.238. The molecular weight excluding hydrogens is 456 g/mol. The number of amides is 1. The van der Waals surface area contributed by atoms with Gasteiger partial charge in [-0.25, -0.2) is 19.6 Å². The third kappa shape index (κ3) is 16.1. The third-order valence-corrected chi connectivity index (χ3v) is 6.54. The third-order valence-electron chi connectivity index (χ3n) is 6.04. The minimum absolute atomic E-state index is 0.0266. The Morgan fingerprint density at radius 2 is 1.26 bits per heavy atom. The van der Waals surface area contributed by atoms with Gasteiger partial charge in [-0.1, -0.05) is 38.5 Å². The van der Waals surface area contributed by atoms with Crippen LogP contribution in [-0.4, -0.2) is 84.5 Å². The maximum atomic E-state index is 10.9. The maximum Gasteiger partial charge on any atom is 0.234 e. The van der Waals surface area contributed by atoms with E-state index in [2.05, 4.69) is 24.7 Å². The number of carbonyl (C=O) groups is 1. The van der Waals surface area contributed by atoms with Crippen molar-refractivity contribution in [3.63, 3.8) is 0 Å². The van der Waals surface area contributed by atoms with Gasteiger partial charge in [-0.2, -0.15) is 0 Å². The normalized spacial score (nSPS) is 16.0. The molecular formula is C24H43ClN6O3. The lowest BCUT2D eigenvalue weighted by Gasteiger charge is -2.44. The molecule has 1 fully saturated rings. The van der Waals surface area contributed by atoms with E-state index in [9.17, 15) is 14.4 Å². The second-order valence-corrected chi connectivity index (χ2v) is 9.58. The zero-order valence-corrected chi connectivity index (χ0v) is 21.4. The van der Waals surface area contributed by atoms with E-state index in [0.29, 0.717) is 19.5 Å². The van der Waals surface area contributed by atoms with Gasteiger partial charge in [0.2, 0.25) is 18.1 Å². The molecule has 1 rings (SSSR count). The Labute approximate surface area is 209 Å². The number of alkyl halides is 1. The monoisotopic (exact) mass is 498 g/mol. The predicted octanol–water partition coefficient (Wildman–Crippen LogP) is 3.57. The summed E-state index contributed by atoms with van der Waals surface area (Å²) in [5.41, 5.74) is 5.19. The fourth-order valence-corrected chi connectivity index (χ4v) is 4.49. The van der Waals surface area contributed by atoms with Crippen LogP contribution in [0.5, 0.6) is 0 Å². The largest absolute Gasteiger partial charge is 0.370 e. The highest BCUT2D eigenvalue weighted by Gasteiger charge is 2.26. The van der Waals surface area contributed by atoms with E-state index in [0.717, 1.165) is 110 Å². The SMILES string of the molecule is NC(=O)CCCCCC(Cl)N1CN(CCCCCCN=C=O)CN(CCCCCCN=C=O)C1. The van der Waals surface area contributed by atoms with Crippen LogP contribution >= 0.6 is 11.6 Å². The van der Waals surface area contributed by atoms with Gasteiger partial charge in [0, 0.05) is 19.5 Å². The molecule has 194 valence electrons. The van der Waals surface area contributed by atoms with Gasteiger partial charge in [-0.3, -0.25) is 19.5 Å². The molecule has 0 spiro atoms. The first-order valence-corrected chi connectivity index (χ1v) is 13.2. The molecule has 0 saturated carbocycles. The van der Waals surface area contributed by atoms with Crippen LogP contribution in [0.1, 0.15) is 83.5 Å². The smallest absolute Gasteiger partial charge is 0.234 e. The zero-order chi connectivity index (χ0) is 24.9. The summed E-state index contributed by atoms with van der Waals surface area (Å²) < 4.78 is 0. The van der Waals surface area contributed by atoms with Crippen LogP contribution in [0.15, 0.2) is 9.98 Å². The Kier molecular flexibility index (Phi) is 18.6. The summed E-state index contributed by atoms with van der Waals surface area (Å²) in [6.45, 7) is 5.87. The molecule has 0 aliphatic carbocycles. The minimum atomic E-state index is -0.238. The lowest BCUT2D eigenvalue weighted by molar-refractivity contribution is -0.118. The molecule has 1 saturated heterocycles. The average Bonchev–Trinajstić information content (AvgIpc) is 2.82. The van der Waals surface area contributed by atoms with E-state index in [1.165, 1.54) is 0 Å². The van der Waals surface area contributed by atoms with Gasteiger partial charge in [0.1, 0.15) is 0 Å². The van der Waals surface area contributed by atoms with Crippen molar-refractivity contribution in [2.45, 2.75) is 89.0 Å². The lowest BCUT2D eigenvalue weighted by Crippen LogP contribution is -2.57. The molecule has 1 aliphatic heterocycles. The zero-order valence-electron chi connectivity index (χ0n) is 20.6. The number of unbranched alkanes of at least 4 members (excludes halogenated alkanes) is 8. The molecule has 0 radical (unpaired) electrons. The lowest BCUT2D eigenvalue weighted by atomic mass is 10.1. The van der Waals surface area contributed by atoms with Crippen molar-refractivity contribution in [3.8, 4) is 0 Å². The van der Waals surface area contributed by atoms with Crippen molar-refractivity contribution in [3.05, 3.63) is 0 Å². The van der Waals surface area contributed by atoms with E-state index in [1.54, 1.807) is 12.2 Å². The standard InChI is InChI=1S/C24H43ClN6O3/c25-23(12-6-5-7-13-24(26)34)31-21-29(16-10-3-1-8-14-27-18-32)20-30(22-31)17-11-4-2-9-15-28-19-33/h23H,1-17,20-22H2,(H2,26,34). The molecule has 1 amide bonds. The molecule has 0 bridgehead atoms. The first-order valence-electron chi connectivity index (χ1n) is 12.7. The fourth-order valence-electron chi connectivity index (χ4n) is 4.21. The predicted molar refractivity (Wildman–Crippen MR) is 135 cm³/mol. The fraction of sp³-hybridized carbons (Fsp3) is 0.875. The molecule has 1 unspecified atom stereocenters. The number of halogens is 1. The van der Waals surface area contributed by atoms with Crippen molar-refractivity contribution in [2.24, 2.45) is 15.7 Å². The van der Waals surface area contributed by atoms with E-state index < -0.39 is 0 Å². The Morgan fingerprint density at radius 3 is 1.76 bits per heavy atom. The summed E-state index contributed by atoms with van der Waals surface area (Å²) >= 11 is 6.79. The molecule has 2 N–H and O–H groups in total. The summed E-state index contributed by atoms with van der Waals surface area (Å²) in [7, 11) is 0. The first kappa shape index (κ1) is 30.4. The Bertz CT molecular complexity index is 602. The van der Waals surface area contributed by atoms with Crippen molar-refractivity contribution in [1.82, 2.24) is 14.7 Å². The number of carbonyl (C=O) groups excluding carboxylic acids is 3. The number of nitrogens with two attached hydrogens (primary N) is 1. The first-order chi connectivity index (χ1) is 16.6. The Hall–Kier alpha value is -1.60. The number of hydrogen-bond acceptors (Lipinski definition) is 8. The van der Waals surface area contributed by atoms with Gasteiger partial charge < -0.3 is 5.73 Å². The molecule has 0 aromatic heterocycles. The van der Waals surface area contributed by atoms with Crippen LogP contribution in [0.25, 0.3) is 0 Å². The topological polar surface area (TPSA) is 112 Å². The number of isocyanates is 2. The van der Waals surface area contributed by atoms with Crippen molar-refractivity contribution < 1.29 is 14.4 Å². The molecule has 1 heterocycles. The van der Waals surface area contributed by atoms with E-state index in [4.69, 9.17) is 17.3 Å². The van der Waals surface area contributed by atoms with Crippen LogP contribution in [-0.2, 0) is 14.4 Å². The van der Waals surface area contributed by atoms with Gasteiger partial charge in [-0.05, 0) is 38.5 Å². The van der Waals surface area contributed by atoms with Gasteiger partial charge >= 0.3 is 0 Å². The summed E-state index contributed by atoms with van der Waals surface area (Å²) in [4.78, 5) is 45.7. The van der Waals surface area contributed by atoms with E-state index in [1.807, 2.05) is 0 Å². The van der Waals surface area contributed by atoms with Crippen molar-refractivity contribution >= 4 is 29.7 Å². The quantitative estimate of drug-likeness (QED) is 0.0851. The maximum absolute atomic E-state index is 10.9. The van der Waals surface area contributed by atoms with Crippen LogP contribution in [0, 0.1) is 0 Å². The molecule has 10 heteroatoms. The summed E-state index contributed by atoms with van der Waals surface area (Å²) in [5, 5.41) is 0. The summed E-state index contributed by atoms with van der Waals surface area (Å²) in [6.07, 6.45) is 15.8. The second-order valence-electron chi connectivity index (χ2n) is 9.08. The van der Waals surface area contributed by atoms with Gasteiger partial charge in [0.25, 0.3) is 0 Å². The molecule has 9 nitrogen and oxygen atoms in total. The van der Waals surface area contributed by atoms with Gasteiger partial charge in [0.15, 0.2) is 0 Å². The van der Waals surface area contributed by atoms with Crippen LogP contribution in [0.3, 0.4) is 0 Å². The molecule has 1 atom stereocenters. The number of rotatable bonds is 21. The molecule has 1 aliphatic rings. The molecule has 0 aromatic rings. The minimum Gasteiger partial charge on any atom is -0.370 e. The van der Waals surface area contributed by atoms with Crippen LogP contribution in [0.4, 0.5) is 0 Å². The average molecular weight is 499 g/mol. The highest BCUT2D eigenvalue weighted by Crippen LogP contribution is 2.20. The van der Waals surface area contributed by atoms with Crippen LogP contribution < -0.4 is 5.73 Å². The highest BCUT2D eigenvalue weighted by molar-refractivity contribution is 6.20. The van der Waals surface area contributed by atoms with E-state index >= 15 is 0 Å². The van der Waals surface area contributed by atoms with Crippen molar-refractivity contribution in [2.75, 3.05) is 46.2 Å². The number of hydrogen-bond donors (Lipinski definition) is 1. The number of aliphatic imine (C=N–C) groups is 2. The van der Waals surface area contributed by atoms with Crippen LogP contribution in [0.2, 0.25) is 0 Å². The van der Waals surface area contributed by atoms with E-state index in [-0.39, 0.29) is 11.4 Å². The Balaban J connectivity index is 2.43. The van der Waals surface area contributed by atoms with Gasteiger partial charge in [-0.15, -0.1) is 11.6 Å². The number of primary amides is 1. The Morgan fingerprint density at radius 1 is 0.765 bits per heavy atom. The highest BCUT2D eigenvalue weighted by atomic mass is 35.5.